The molecule has 0 unspecified atom stereocenters. The number of benzene rings is 2. The van der Waals surface area contributed by atoms with Crippen LogP contribution in [0.2, 0.25) is 0 Å². The highest BCUT2D eigenvalue weighted by atomic mass is 19.4. The molecule has 0 bridgehead atoms. The van der Waals surface area contributed by atoms with Crippen molar-refractivity contribution in [3.8, 4) is 5.75 Å². The second kappa shape index (κ2) is 7.82. The molecule has 1 amide bonds. The lowest BCUT2D eigenvalue weighted by molar-refractivity contribution is -0.274. The fourth-order valence-corrected chi connectivity index (χ4v) is 3.04. The van der Waals surface area contributed by atoms with Crippen LogP contribution in [-0.2, 0) is 7.05 Å². The van der Waals surface area contributed by atoms with Crippen molar-refractivity contribution < 1.29 is 27.1 Å². The van der Waals surface area contributed by atoms with Gasteiger partial charge >= 0.3 is 12.4 Å². The van der Waals surface area contributed by atoms with Crippen LogP contribution in [-0.4, -0.2) is 33.3 Å². The number of carbonyl (C=O) groups excluding carboxylic acids is 1. The SMILES string of the molecule is CCCNC(=O)c1ccc2c(c1)nc(Nc1nc3ccc(OC(F)(F)F)cc3o1)n2C. The lowest BCUT2D eigenvalue weighted by Gasteiger charge is -2.07. The van der Waals surface area contributed by atoms with E-state index >= 15 is 0 Å². The molecule has 0 atom stereocenters. The predicted molar refractivity (Wildman–Crippen MR) is 107 cm³/mol. The standard InChI is InChI=1S/C20H18F3N5O3/c1-3-8-24-17(29)11-4-7-15-14(9-11)25-18(28(15)2)27-19-26-13-6-5-12(10-16(13)30-19)31-20(21,22)23/h4-7,9-10H,3,8H2,1-2H3,(H,24,29)(H,25,26,27). The molecule has 0 radical (unpaired) electrons. The predicted octanol–water partition coefficient (Wildman–Crippen LogP) is 4.50. The van der Waals surface area contributed by atoms with E-state index in [1.165, 1.54) is 6.07 Å². The number of imidazole rings is 1. The van der Waals surface area contributed by atoms with Crippen molar-refractivity contribution in [3.05, 3.63) is 42.0 Å². The maximum absolute atomic E-state index is 12.4. The number of ether oxygens (including phenoxy) is 1. The van der Waals surface area contributed by atoms with E-state index in [0.717, 1.165) is 24.1 Å². The molecule has 4 aromatic rings. The third-order valence-electron chi connectivity index (χ3n) is 4.49. The van der Waals surface area contributed by atoms with Crippen LogP contribution in [0.15, 0.2) is 40.8 Å². The Kier molecular flexibility index (Phi) is 5.17. The number of anilines is 2. The van der Waals surface area contributed by atoms with Crippen LogP contribution in [0.5, 0.6) is 5.75 Å². The molecule has 162 valence electrons. The summed E-state index contributed by atoms with van der Waals surface area (Å²) in [5.41, 5.74) is 2.32. The number of nitrogens with one attached hydrogen (secondary N) is 2. The Balaban J connectivity index is 1.59. The van der Waals surface area contributed by atoms with E-state index in [2.05, 4.69) is 25.3 Å². The number of rotatable bonds is 6. The number of aromatic nitrogens is 3. The molecule has 8 nitrogen and oxygen atoms in total. The van der Waals surface area contributed by atoms with Crippen molar-refractivity contribution in [2.24, 2.45) is 7.05 Å². The summed E-state index contributed by atoms with van der Waals surface area (Å²) in [6.07, 6.45) is -3.96. The summed E-state index contributed by atoms with van der Waals surface area (Å²) in [6, 6.07) is 8.85. The number of nitrogens with zero attached hydrogens (tertiary/aromatic N) is 3. The number of aryl methyl sites for hydroxylation is 1. The highest BCUT2D eigenvalue weighted by molar-refractivity contribution is 5.97. The fourth-order valence-electron chi connectivity index (χ4n) is 3.04. The monoisotopic (exact) mass is 433 g/mol. The molecule has 0 aliphatic heterocycles. The second-order valence-corrected chi connectivity index (χ2v) is 6.78. The van der Waals surface area contributed by atoms with Crippen LogP contribution < -0.4 is 15.4 Å². The van der Waals surface area contributed by atoms with Crippen LogP contribution in [0.25, 0.3) is 22.1 Å². The lowest BCUT2D eigenvalue weighted by atomic mass is 10.2. The fraction of sp³-hybridized carbons (Fsp3) is 0.250. The minimum absolute atomic E-state index is 0.0541. The van der Waals surface area contributed by atoms with Gasteiger partial charge in [0.2, 0.25) is 5.95 Å². The lowest BCUT2D eigenvalue weighted by Crippen LogP contribution is -2.23. The van der Waals surface area contributed by atoms with Crippen LogP contribution in [0.1, 0.15) is 23.7 Å². The Morgan fingerprint density at radius 3 is 2.71 bits per heavy atom. The Labute approximate surface area is 174 Å². The summed E-state index contributed by atoms with van der Waals surface area (Å²) in [5.74, 6) is -0.196. The van der Waals surface area contributed by atoms with Gasteiger partial charge < -0.3 is 19.0 Å². The molecule has 31 heavy (non-hydrogen) atoms. The number of hydrogen-bond acceptors (Lipinski definition) is 6. The molecule has 2 N–H and O–H groups in total. The van der Waals surface area contributed by atoms with Crippen molar-refractivity contribution in [2.45, 2.75) is 19.7 Å². The summed E-state index contributed by atoms with van der Waals surface area (Å²) < 4.78 is 48.3. The van der Waals surface area contributed by atoms with Gasteiger partial charge in [-0.3, -0.25) is 10.1 Å². The van der Waals surface area contributed by atoms with Crippen molar-refractivity contribution in [2.75, 3.05) is 11.9 Å². The van der Waals surface area contributed by atoms with Crippen molar-refractivity contribution in [1.82, 2.24) is 19.9 Å². The van der Waals surface area contributed by atoms with Crippen LogP contribution in [0, 0.1) is 0 Å². The van der Waals surface area contributed by atoms with Crippen LogP contribution in [0.3, 0.4) is 0 Å². The number of oxazole rings is 1. The minimum atomic E-state index is -4.80. The van der Waals surface area contributed by atoms with E-state index in [0.29, 0.717) is 29.1 Å². The van der Waals surface area contributed by atoms with Crippen molar-refractivity contribution >= 4 is 40.0 Å². The van der Waals surface area contributed by atoms with Gasteiger partial charge in [-0.05, 0) is 36.8 Å². The largest absolute Gasteiger partial charge is 0.573 e. The number of amides is 1. The summed E-state index contributed by atoms with van der Waals surface area (Å²) in [6.45, 7) is 2.55. The topological polar surface area (TPSA) is 94.2 Å². The van der Waals surface area contributed by atoms with Crippen molar-refractivity contribution in [3.63, 3.8) is 0 Å². The van der Waals surface area contributed by atoms with Gasteiger partial charge in [0.25, 0.3) is 5.91 Å². The van der Waals surface area contributed by atoms with E-state index in [1.807, 2.05) is 6.92 Å². The van der Waals surface area contributed by atoms with E-state index in [-0.39, 0.29) is 17.5 Å². The van der Waals surface area contributed by atoms with Gasteiger partial charge in [-0.25, -0.2) is 4.98 Å². The Morgan fingerprint density at radius 2 is 1.97 bits per heavy atom. The molecule has 0 aliphatic carbocycles. The molecule has 0 aliphatic rings. The van der Waals surface area contributed by atoms with E-state index < -0.39 is 12.1 Å². The zero-order valence-corrected chi connectivity index (χ0v) is 16.6. The summed E-state index contributed by atoms with van der Waals surface area (Å²) >= 11 is 0. The van der Waals surface area contributed by atoms with E-state index in [9.17, 15) is 18.0 Å². The van der Waals surface area contributed by atoms with E-state index in [4.69, 9.17) is 4.42 Å². The quantitative estimate of drug-likeness (QED) is 0.465. The Hall–Kier alpha value is -3.76. The second-order valence-electron chi connectivity index (χ2n) is 6.78. The van der Waals surface area contributed by atoms with E-state index in [1.54, 1.807) is 29.8 Å². The average Bonchev–Trinajstić information content (AvgIpc) is 3.24. The first kappa shape index (κ1) is 20.5. The summed E-state index contributed by atoms with van der Waals surface area (Å²) in [5, 5.41) is 5.73. The highest BCUT2D eigenvalue weighted by Gasteiger charge is 2.31. The highest BCUT2D eigenvalue weighted by Crippen LogP contribution is 2.29. The summed E-state index contributed by atoms with van der Waals surface area (Å²) in [4.78, 5) is 20.8. The molecule has 0 spiro atoms. The number of halogens is 3. The first-order valence-electron chi connectivity index (χ1n) is 9.41. The molecule has 11 heteroatoms. The molecule has 2 aromatic carbocycles. The molecule has 0 saturated heterocycles. The molecule has 0 saturated carbocycles. The molecule has 0 fully saturated rings. The average molecular weight is 433 g/mol. The number of alkyl halides is 3. The van der Waals surface area contributed by atoms with Crippen molar-refractivity contribution in [1.29, 1.82) is 0 Å². The molecule has 4 rings (SSSR count). The zero-order valence-electron chi connectivity index (χ0n) is 16.6. The van der Waals surface area contributed by atoms with Gasteiger partial charge in [-0.1, -0.05) is 6.92 Å². The first-order valence-corrected chi connectivity index (χ1v) is 9.41. The van der Waals surface area contributed by atoms with Crippen LogP contribution >= 0.6 is 0 Å². The molecule has 2 heterocycles. The number of hydrogen-bond donors (Lipinski definition) is 2. The summed E-state index contributed by atoms with van der Waals surface area (Å²) in [7, 11) is 1.77. The van der Waals surface area contributed by atoms with Gasteiger partial charge in [0.15, 0.2) is 5.58 Å². The van der Waals surface area contributed by atoms with Gasteiger partial charge in [0.05, 0.1) is 11.0 Å². The molecular weight excluding hydrogens is 415 g/mol. The zero-order chi connectivity index (χ0) is 22.2. The molecular formula is C20H18F3N5O3. The normalized spacial score (nSPS) is 11.8. The minimum Gasteiger partial charge on any atom is -0.423 e. The smallest absolute Gasteiger partial charge is 0.423 e. The Bertz CT molecular complexity index is 1260. The Morgan fingerprint density at radius 1 is 1.16 bits per heavy atom. The van der Waals surface area contributed by atoms with Gasteiger partial charge in [-0.15, -0.1) is 13.2 Å². The van der Waals surface area contributed by atoms with Crippen LogP contribution in [0.4, 0.5) is 25.1 Å². The molecule has 2 aromatic heterocycles. The van der Waals surface area contributed by atoms with Gasteiger partial charge in [0.1, 0.15) is 11.3 Å². The van der Waals surface area contributed by atoms with Gasteiger partial charge in [-0.2, -0.15) is 4.98 Å². The van der Waals surface area contributed by atoms with Gasteiger partial charge in [0, 0.05) is 25.2 Å². The maximum atomic E-state index is 12.4. The number of carbonyl (C=O) groups is 1. The third-order valence-corrected chi connectivity index (χ3v) is 4.49. The third kappa shape index (κ3) is 4.39. The number of fused-ring (bicyclic) bond motifs is 2. The first-order chi connectivity index (χ1) is 14.7. The maximum Gasteiger partial charge on any atom is 0.573 e.